The predicted octanol–water partition coefficient (Wildman–Crippen LogP) is 1.09. The van der Waals surface area contributed by atoms with Crippen LogP contribution in [0.5, 0.6) is 0 Å². The molecule has 10 heteroatoms. The third-order valence-corrected chi connectivity index (χ3v) is 4.51. The molecule has 1 amide bonds. The van der Waals surface area contributed by atoms with Gasteiger partial charge >= 0.3 is 0 Å². The van der Waals surface area contributed by atoms with Crippen molar-refractivity contribution in [3.05, 3.63) is 42.6 Å². The van der Waals surface area contributed by atoms with Crippen LogP contribution < -0.4 is 10.2 Å². The maximum Gasteiger partial charge on any atom is 0.243 e. The van der Waals surface area contributed by atoms with Crippen molar-refractivity contribution in [1.29, 1.82) is 0 Å². The topological polar surface area (TPSA) is 90.1 Å². The quantitative estimate of drug-likeness (QED) is 0.352. The zero-order valence-corrected chi connectivity index (χ0v) is 19.2. The molecule has 0 aromatic carbocycles. The molecule has 1 fully saturated rings. The van der Waals surface area contributed by atoms with E-state index in [0.29, 0.717) is 6.54 Å². The van der Waals surface area contributed by atoms with E-state index in [1.807, 2.05) is 18.2 Å². The number of rotatable bonds is 6. The van der Waals surface area contributed by atoms with Gasteiger partial charge in [0, 0.05) is 65.6 Å². The van der Waals surface area contributed by atoms with E-state index in [4.69, 9.17) is 4.42 Å². The van der Waals surface area contributed by atoms with Crippen molar-refractivity contribution < 1.29 is 9.21 Å². The van der Waals surface area contributed by atoms with Crippen molar-refractivity contribution in [2.45, 2.75) is 6.42 Å². The van der Waals surface area contributed by atoms with Crippen LogP contribution in [0.1, 0.15) is 5.76 Å². The second-order valence-electron chi connectivity index (χ2n) is 6.71. The maximum atomic E-state index is 12.0. The number of amides is 1. The molecule has 1 N–H and O–H groups in total. The summed E-state index contributed by atoms with van der Waals surface area (Å²) in [6.45, 7) is 3.96. The van der Waals surface area contributed by atoms with Crippen molar-refractivity contribution >= 4 is 41.8 Å². The molecular weight excluding hydrogens is 485 g/mol. The number of guanidine groups is 1. The molecule has 0 radical (unpaired) electrons. The molecule has 3 rings (SSSR count). The molecule has 0 saturated carbocycles. The molecule has 0 aliphatic carbocycles. The van der Waals surface area contributed by atoms with Gasteiger partial charge in [-0.05, 0) is 18.2 Å². The number of carbonyl (C=O) groups is 1. The van der Waals surface area contributed by atoms with Gasteiger partial charge in [-0.25, -0.2) is 15.0 Å². The minimum Gasteiger partial charge on any atom is -0.469 e. The number of likely N-dealkylation sites (N-methyl/N-ethyl adjacent to an activating group) is 1. The number of piperazine rings is 1. The number of furan rings is 1. The lowest BCUT2D eigenvalue weighted by molar-refractivity contribution is -0.127. The summed E-state index contributed by atoms with van der Waals surface area (Å²) in [4.78, 5) is 31.0. The zero-order chi connectivity index (χ0) is 19.8. The number of halogens is 1. The van der Waals surface area contributed by atoms with Crippen LogP contribution >= 0.6 is 24.0 Å². The summed E-state index contributed by atoms with van der Waals surface area (Å²) in [5.41, 5.74) is 0. The van der Waals surface area contributed by atoms with Gasteiger partial charge in [0.25, 0.3) is 0 Å². The Morgan fingerprint density at radius 2 is 1.93 bits per heavy atom. The summed E-state index contributed by atoms with van der Waals surface area (Å²) in [6.07, 6.45) is 5.94. The number of nitrogens with zero attached hydrogens (tertiary/aromatic N) is 6. The molecule has 1 saturated heterocycles. The number of aliphatic imine (C=N–C) groups is 1. The van der Waals surface area contributed by atoms with E-state index >= 15 is 0 Å². The van der Waals surface area contributed by atoms with E-state index in [2.05, 4.69) is 30.1 Å². The first-order chi connectivity index (χ1) is 13.6. The van der Waals surface area contributed by atoms with Crippen molar-refractivity contribution in [3.8, 4) is 0 Å². The van der Waals surface area contributed by atoms with Gasteiger partial charge in [-0.15, -0.1) is 24.0 Å². The number of carbonyl (C=O) groups excluding carboxylic acids is 1. The van der Waals surface area contributed by atoms with Crippen LogP contribution in [0.2, 0.25) is 0 Å². The zero-order valence-electron chi connectivity index (χ0n) is 16.8. The summed E-state index contributed by atoms with van der Waals surface area (Å²) in [7, 11) is 3.47. The first-order valence-corrected chi connectivity index (χ1v) is 9.41. The van der Waals surface area contributed by atoms with Gasteiger partial charge in [-0.2, -0.15) is 0 Å². The highest BCUT2D eigenvalue weighted by atomic mass is 127. The first-order valence-electron chi connectivity index (χ1n) is 9.41. The minimum absolute atomic E-state index is 0. The Morgan fingerprint density at radius 3 is 2.55 bits per heavy atom. The lowest BCUT2D eigenvalue weighted by Crippen LogP contribution is -2.53. The molecule has 0 spiro atoms. The SMILES string of the molecule is CN(C)C(=O)CN=C(NCCc1ccco1)N1CCN(c2ncccn2)CC1.I. The van der Waals surface area contributed by atoms with Gasteiger partial charge in [0.2, 0.25) is 11.9 Å². The van der Waals surface area contributed by atoms with Crippen molar-refractivity contribution in [1.82, 2.24) is 25.1 Å². The van der Waals surface area contributed by atoms with Crippen LogP contribution in [-0.4, -0.2) is 85.0 Å². The Bertz CT molecular complexity index is 760. The molecule has 3 heterocycles. The summed E-state index contributed by atoms with van der Waals surface area (Å²) in [6, 6.07) is 5.65. The molecule has 0 bridgehead atoms. The highest BCUT2D eigenvalue weighted by molar-refractivity contribution is 14.0. The van der Waals surface area contributed by atoms with E-state index in [0.717, 1.165) is 50.3 Å². The predicted molar refractivity (Wildman–Crippen MR) is 123 cm³/mol. The van der Waals surface area contributed by atoms with Gasteiger partial charge < -0.3 is 24.4 Å². The van der Waals surface area contributed by atoms with Crippen LogP contribution in [0.4, 0.5) is 5.95 Å². The standard InChI is InChI=1S/C19H27N7O2.HI/c1-24(2)17(27)15-23-19(22-9-6-16-5-3-14-28-16)26-12-10-25(11-13-26)18-20-7-4-8-21-18;/h3-5,7-8,14H,6,9-13,15H2,1-2H3,(H,22,23);1H. The molecular formula is C19H28IN7O2. The average molecular weight is 513 g/mol. The van der Waals surface area contributed by atoms with Crippen LogP contribution in [0.25, 0.3) is 0 Å². The fourth-order valence-corrected chi connectivity index (χ4v) is 2.88. The van der Waals surface area contributed by atoms with E-state index in [1.165, 1.54) is 0 Å². The van der Waals surface area contributed by atoms with E-state index in [1.54, 1.807) is 37.7 Å². The van der Waals surface area contributed by atoms with Gasteiger partial charge in [0.05, 0.1) is 6.26 Å². The van der Waals surface area contributed by atoms with Crippen LogP contribution in [0, 0.1) is 0 Å². The fourth-order valence-electron chi connectivity index (χ4n) is 2.88. The molecule has 1 aliphatic heterocycles. The van der Waals surface area contributed by atoms with Gasteiger partial charge in [0.1, 0.15) is 12.3 Å². The molecule has 1 aliphatic rings. The third kappa shape index (κ3) is 6.87. The largest absolute Gasteiger partial charge is 0.469 e. The maximum absolute atomic E-state index is 12.0. The Morgan fingerprint density at radius 1 is 1.21 bits per heavy atom. The first kappa shape index (κ1) is 22.9. The minimum atomic E-state index is -0.0262. The third-order valence-electron chi connectivity index (χ3n) is 4.51. The number of hydrogen-bond acceptors (Lipinski definition) is 6. The van der Waals surface area contributed by atoms with Gasteiger partial charge in [-0.3, -0.25) is 4.79 Å². The summed E-state index contributed by atoms with van der Waals surface area (Å²) >= 11 is 0. The molecule has 2 aromatic heterocycles. The molecule has 9 nitrogen and oxygen atoms in total. The molecule has 0 atom stereocenters. The van der Waals surface area contributed by atoms with E-state index in [9.17, 15) is 4.79 Å². The van der Waals surface area contributed by atoms with Crippen LogP contribution in [0.15, 0.2) is 46.3 Å². The molecule has 2 aromatic rings. The summed E-state index contributed by atoms with van der Waals surface area (Å²) in [5, 5.41) is 3.37. The monoisotopic (exact) mass is 513 g/mol. The highest BCUT2D eigenvalue weighted by Gasteiger charge is 2.21. The van der Waals surface area contributed by atoms with Gasteiger partial charge in [-0.1, -0.05) is 0 Å². The average Bonchev–Trinajstić information content (AvgIpc) is 3.24. The highest BCUT2D eigenvalue weighted by Crippen LogP contribution is 2.10. The fraction of sp³-hybridized carbons (Fsp3) is 0.474. The lowest BCUT2D eigenvalue weighted by Gasteiger charge is -2.36. The van der Waals surface area contributed by atoms with E-state index in [-0.39, 0.29) is 36.4 Å². The van der Waals surface area contributed by atoms with E-state index < -0.39 is 0 Å². The lowest BCUT2D eigenvalue weighted by atomic mass is 10.3. The second kappa shape index (κ2) is 11.6. The number of anilines is 1. The Balaban J connectivity index is 0.00000300. The smallest absolute Gasteiger partial charge is 0.243 e. The number of nitrogens with one attached hydrogen (secondary N) is 1. The Hall–Kier alpha value is -2.37. The second-order valence-corrected chi connectivity index (χ2v) is 6.71. The van der Waals surface area contributed by atoms with Crippen molar-refractivity contribution in [2.24, 2.45) is 4.99 Å². The van der Waals surface area contributed by atoms with Crippen LogP contribution in [-0.2, 0) is 11.2 Å². The Kier molecular flexibility index (Phi) is 9.16. The molecule has 29 heavy (non-hydrogen) atoms. The number of aromatic nitrogens is 2. The normalized spacial score (nSPS) is 14.3. The summed E-state index contributed by atoms with van der Waals surface area (Å²) in [5.74, 6) is 2.38. The summed E-state index contributed by atoms with van der Waals surface area (Å²) < 4.78 is 5.38. The van der Waals surface area contributed by atoms with Crippen molar-refractivity contribution in [3.63, 3.8) is 0 Å². The van der Waals surface area contributed by atoms with Crippen molar-refractivity contribution in [2.75, 3.05) is 58.3 Å². The number of hydrogen-bond donors (Lipinski definition) is 1. The molecule has 158 valence electrons. The van der Waals surface area contributed by atoms with Gasteiger partial charge in [0.15, 0.2) is 5.96 Å². The molecule has 0 unspecified atom stereocenters. The Labute approximate surface area is 188 Å². The van der Waals surface area contributed by atoms with Crippen LogP contribution in [0.3, 0.4) is 0 Å².